The van der Waals surface area contributed by atoms with Gasteiger partial charge in [-0.15, -0.1) is 0 Å². The molecule has 30 heavy (non-hydrogen) atoms. The van der Waals surface area contributed by atoms with Crippen LogP contribution in [0.2, 0.25) is 5.02 Å². The summed E-state index contributed by atoms with van der Waals surface area (Å²) in [4.78, 5) is 15.6. The van der Waals surface area contributed by atoms with Gasteiger partial charge >= 0.3 is 0 Å². The van der Waals surface area contributed by atoms with Gasteiger partial charge < -0.3 is 21.1 Å². The lowest BCUT2D eigenvalue weighted by molar-refractivity contribution is -0.126. The number of nitrogens with zero attached hydrogens (tertiary/aromatic N) is 4. The zero-order valence-corrected chi connectivity index (χ0v) is 18.2. The van der Waals surface area contributed by atoms with Crippen LogP contribution in [0.5, 0.6) is 0 Å². The van der Waals surface area contributed by atoms with Crippen LogP contribution in [0.4, 0.5) is 11.6 Å². The quantitative estimate of drug-likeness (QED) is 0.606. The highest BCUT2D eigenvalue weighted by Gasteiger charge is 2.57. The van der Waals surface area contributed by atoms with Crippen molar-refractivity contribution in [2.45, 2.75) is 44.2 Å². The Bertz CT molecular complexity index is 1060. The highest BCUT2D eigenvalue weighted by Crippen LogP contribution is 2.55. The Hall–Kier alpha value is -2.09. The van der Waals surface area contributed by atoms with Gasteiger partial charge in [-0.2, -0.15) is 0 Å². The summed E-state index contributed by atoms with van der Waals surface area (Å²) in [5.41, 5.74) is 7.63. The van der Waals surface area contributed by atoms with Gasteiger partial charge in [0.05, 0.1) is 33.6 Å². The van der Waals surface area contributed by atoms with E-state index in [0.717, 1.165) is 55.4 Å². The molecule has 1 aromatic carbocycles. The number of allylic oxidation sites excluding steroid dienone is 1. The van der Waals surface area contributed by atoms with E-state index in [1.807, 2.05) is 19.1 Å². The SMILES string of the molecule is CC1(O)CC2(CN(c3cc4nc(N/C(=C/N)C(Cl)=NC5CC5)ncc4cc3Cl)C2)C1. The molecule has 5 rings (SSSR count). The van der Waals surface area contributed by atoms with Crippen LogP contribution in [-0.2, 0) is 0 Å². The van der Waals surface area contributed by atoms with Gasteiger partial charge in [-0.3, -0.25) is 4.99 Å². The first-order valence-corrected chi connectivity index (χ1v) is 10.9. The Balaban J connectivity index is 1.36. The van der Waals surface area contributed by atoms with Crippen molar-refractivity contribution in [3.05, 3.63) is 35.2 Å². The molecule has 0 amide bonds. The molecule has 0 unspecified atom stereocenters. The van der Waals surface area contributed by atoms with Crippen molar-refractivity contribution in [2.75, 3.05) is 23.3 Å². The summed E-state index contributed by atoms with van der Waals surface area (Å²) >= 11 is 12.8. The fourth-order valence-corrected chi connectivity index (χ4v) is 5.32. The Morgan fingerprint density at radius 3 is 2.73 bits per heavy atom. The summed E-state index contributed by atoms with van der Waals surface area (Å²) < 4.78 is 0. The second-order valence-electron chi connectivity index (χ2n) is 9.12. The molecule has 1 aliphatic heterocycles. The lowest BCUT2D eigenvalue weighted by Crippen LogP contribution is -2.67. The van der Waals surface area contributed by atoms with Crippen molar-refractivity contribution < 1.29 is 5.11 Å². The molecule has 1 spiro atoms. The maximum Gasteiger partial charge on any atom is 0.227 e. The molecule has 1 saturated heterocycles. The topological polar surface area (TPSA) is 99.7 Å². The molecule has 9 heteroatoms. The van der Waals surface area contributed by atoms with Crippen molar-refractivity contribution in [3.63, 3.8) is 0 Å². The zero-order valence-electron chi connectivity index (χ0n) is 16.7. The number of aliphatic imine (C=N–C) groups is 1. The third-order valence-corrected chi connectivity index (χ3v) is 6.64. The zero-order chi connectivity index (χ0) is 21.1. The van der Waals surface area contributed by atoms with E-state index in [-0.39, 0.29) is 11.5 Å². The second kappa shape index (κ2) is 6.97. The molecule has 0 bridgehead atoms. The number of hydrogen-bond acceptors (Lipinski definition) is 7. The minimum atomic E-state index is -0.522. The lowest BCUT2D eigenvalue weighted by atomic mass is 9.56. The third-order valence-electron chi connectivity index (χ3n) is 6.03. The van der Waals surface area contributed by atoms with E-state index in [1.165, 1.54) is 6.20 Å². The molecule has 4 N–H and O–H groups in total. The average Bonchev–Trinajstić information content (AvgIpc) is 3.45. The van der Waals surface area contributed by atoms with Crippen LogP contribution in [0.1, 0.15) is 32.6 Å². The maximum atomic E-state index is 10.1. The normalized spacial score (nSPS) is 22.7. The number of aliphatic hydroxyl groups is 1. The van der Waals surface area contributed by atoms with Crippen molar-refractivity contribution in [1.29, 1.82) is 0 Å². The van der Waals surface area contributed by atoms with Crippen LogP contribution in [0.15, 0.2) is 35.2 Å². The summed E-state index contributed by atoms with van der Waals surface area (Å²) in [7, 11) is 0. The first-order valence-electron chi connectivity index (χ1n) is 10.1. The third kappa shape index (κ3) is 3.70. The van der Waals surface area contributed by atoms with Gasteiger partial charge in [0.15, 0.2) is 0 Å². The Morgan fingerprint density at radius 1 is 1.37 bits per heavy atom. The van der Waals surface area contributed by atoms with Crippen molar-refractivity contribution >= 4 is 50.9 Å². The van der Waals surface area contributed by atoms with E-state index in [2.05, 4.69) is 25.2 Å². The van der Waals surface area contributed by atoms with Gasteiger partial charge in [-0.25, -0.2) is 9.97 Å². The van der Waals surface area contributed by atoms with E-state index >= 15 is 0 Å². The minimum absolute atomic E-state index is 0.221. The van der Waals surface area contributed by atoms with Gasteiger partial charge in [0.2, 0.25) is 5.95 Å². The Labute approximate surface area is 185 Å². The minimum Gasteiger partial charge on any atom is -0.403 e. The van der Waals surface area contributed by atoms with Gasteiger partial charge in [0.1, 0.15) is 5.17 Å². The maximum absolute atomic E-state index is 10.1. The van der Waals surface area contributed by atoms with E-state index in [1.54, 1.807) is 6.20 Å². The van der Waals surface area contributed by atoms with Gasteiger partial charge in [-0.05, 0) is 44.7 Å². The summed E-state index contributed by atoms with van der Waals surface area (Å²) in [6.07, 6.45) is 6.90. The summed E-state index contributed by atoms with van der Waals surface area (Å²) in [6, 6.07) is 4.16. The summed E-state index contributed by atoms with van der Waals surface area (Å²) in [5.74, 6) is 0.395. The molecule has 3 aliphatic rings. The number of benzene rings is 1. The van der Waals surface area contributed by atoms with Crippen LogP contribution < -0.4 is 16.0 Å². The molecule has 158 valence electrons. The molecule has 2 aliphatic carbocycles. The monoisotopic (exact) mass is 446 g/mol. The largest absolute Gasteiger partial charge is 0.403 e. The molecular weight excluding hydrogens is 423 g/mol. The lowest BCUT2D eigenvalue weighted by Gasteiger charge is -2.62. The molecule has 2 aromatic rings. The first kappa shape index (κ1) is 19.8. The van der Waals surface area contributed by atoms with E-state index in [9.17, 15) is 5.11 Å². The molecule has 3 fully saturated rings. The standard InChI is InChI=1S/C21H24Cl2N6O/c1-20(30)8-21(9-20)10-29(11-21)17-5-15-12(4-14(17)22)7-25-19(27-15)28-16(6-24)18(23)26-13-2-3-13/h4-7,13,30H,2-3,8-11,24H2,1H3,(H,25,27,28)/b16-6+,26-18?. The van der Waals surface area contributed by atoms with Crippen molar-refractivity contribution in [1.82, 2.24) is 9.97 Å². The molecule has 0 radical (unpaired) electrons. The fraction of sp³-hybridized carbons (Fsp3) is 0.476. The van der Waals surface area contributed by atoms with E-state index in [4.69, 9.17) is 28.9 Å². The molecular formula is C21H24Cl2N6O. The fourth-order valence-electron chi connectivity index (χ4n) is 4.78. The van der Waals surface area contributed by atoms with Crippen LogP contribution in [0.25, 0.3) is 10.9 Å². The van der Waals surface area contributed by atoms with Crippen molar-refractivity contribution in [3.8, 4) is 0 Å². The van der Waals surface area contributed by atoms with Crippen LogP contribution in [0.3, 0.4) is 0 Å². The average molecular weight is 447 g/mol. The predicted molar refractivity (Wildman–Crippen MR) is 121 cm³/mol. The van der Waals surface area contributed by atoms with Crippen LogP contribution in [0, 0.1) is 5.41 Å². The van der Waals surface area contributed by atoms with Crippen LogP contribution in [-0.4, -0.2) is 45.0 Å². The summed E-state index contributed by atoms with van der Waals surface area (Å²) in [6.45, 7) is 3.71. The molecule has 7 nitrogen and oxygen atoms in total. The molecule has 2 saturated carbocycles. The number of hydrogen-bond donors (Lipinski definition) is 3. The first-order chi connectivity index (χ1) is 14.3. The number of nitrogens with one attached hydrogen (secondary N) is 1. The molecule has 2 heterocycles. The molecule has 0 atom stereocenters. The van der Waals surface area contributed by atoms with Gasteiger partial charge in [0, 0.05) is 36.3 Å². The highest BCUT2D eigenvalue weighted by atomic mass is 35.5. The van der Waals surface area contributed by atoms with Gasteiger partial charge in [0.25, 0.3) is 0 Å². The number of halogens is 2. The van der Waals surface area contributed by atoms with Gasteiger partial charge in [-0.1, -0.05) is 23.2 Å². The number of aromatic nitrogens is 2. The number of nitrogens with two attached hydrogens (primary N) is 1. The second-order valence-corrected chi connectivity index (χ2v) is 9.88. The number of rotatable bonds is 5. The highest BCUT2D eigenvalue weighted by molar-refractivity contribution is 6.69. The van der Waals surface area contributed by atoms with E-state index < -0.39 is 5.60 Å². The Morgan fingerprint density at radius 2 is 2.10 bits per heavy atom. The number of anilines is 2. The van der Waals surface area contributed by atoms with Crippen molar-refractivity contribution in [2.24, 2.45) is 16.1 Å². The Kier molecular flexibility index (Phi) is 4.61. The van der Waals surface area contributed by atoms with E-state index in [0.29, 0.717) is 21.8 Å². The molecule has 1 aromatic heterocycles. The van der Waals surface area contributed by atoms with Crippen LogP contribution >= 0.6 is 23.2 Å². The predicted octanol–water partition coefficient (Wildman–Crippen LogP) is 3.65. The summed E-state index contributed by atoms with van der Waals surface area (Å²) in [5, 5.41) is 15.0. The number of fused-ring (bicyclic) bond motifs is 1. The smallest absolute Gasteiger partial charge is 0.227 e.